The smallest absolute Gasteiger partial charge is 0.255 e. The van der Waals surface area contributed by atoms with Gasteiger partial charge < -0.3 is 4.90 Å². The van der Waals surface area contributed by atoms with Crippen LogP contribution in [0.15, 0.2) is 47.6 Å². The van der Waals surface area contributed by atoms with Gasteiger partial charge in [0.15, 0.2) is 11.6 Å². The summed E-state index contributed by atoms with van der Waals surface area (Å²) in [4.78, 5) is 27.1. The molecule has 3 heterocycles. The van der Waals surface area contributed by atoms with Gasteiger partial charge in [-0.1, -0.05) is 6.07 Å². The first-order chi connectivity index (χ1) is 12.0. The van der Waals surface area contributed by atoms with Crippen LogP contribution >= 0.6 is 15.9 Å². The van der Waals surface area contributed by atoms with Crippen molar-refractivity contribution in [1.82, 2.24) is 29.6 Å². The van der Waals surface area contributed by atoms with Gasteiger partial charge >= 0.3 is 0 Å². The minimum atomic E-state index is -0.294. The first-order valence-electron chi connectivity index (χ1n) is 7.68. The number of hydrogen-bond acceptors (Lipinski definition) is 5. The summed E-state index contributed by atoms with van der Waals surface area (Å²) in [6.45, 7) is 3.87. The maximum absolute atomic E-state index is 12.7. The zero-order chi connectivity index (χ0) is 18.0. The van der Waals surface area contributed by atoms with E-state index >= 15 is 0 Å². The van der Waals surface area contributed by atoms with Crippen LogP contribution in [0.25, 0.3) is 5.82 Å². The lowest BCUT2D eigenvalue weighted by molar-refractivity contribution is 0.0734. The molecule has 3 aromatic heterocycles. The van der Waals surface area contributed by atoms with Gasteiger partial charge in [0.25, 0.3) is 5.91 Å². The van der Waals surface area contributed by atoms with Crippen LogP contribution in [0.1, 0.15) is 34.7 Å². The van der Waals surface area contributed by atoms with Crippen molar-refractivity contribution in [2.45, 2.75) is 19.9 Å². The molecule has 1 amide bonds. The minimum Gasteiger partial charge on any atom is -0.332 e. The van der Waals surface area contributed by atoms with E-state index in [1.165, 1.54) is 6.33 Å². The second-order valence-corrected chi connectivity index (χ2v) is 6.62. The lowest BCUT2D eigenvalue weighted by Gasteiger charge is -2.24. The van der Waals surface area contributed by atoms with Crippen molar-refractivity contribution < 1.29 is 4.79 Å². The highest BCUT2D eigenvalue weighted by Crippen LogP contribution is 2.21. The molecule has 1 atom stereocenters. The van der Waals surface area contributed by atoms with Gasteiger partial charge in [0.1, 0.15) is 6.33 Å². The highest BCUT2D eigenvalue weighted by molar-refractivity contribution is 9.10. The van der Waals surface area contributed by atoms with Crippen molar-refractivity contribution in [3.8, 4) is 5.82 Å². The molecule has 8 heteroatoms. The minimum absolute atomic E-state index is 0.146. The van der Waals surface area contributed by atoms with Gasteiger partial charge in [0.2, 0.25) is 0 Å². The number of pyridine rings is 2. The highest BCUT2D eigenvalue weighted by atomic mass is 79.9. The van der Waals surface area contributed by atoms with E-state index in [1.807, 2.05) is 26.0 Å². The third kappa shape index (κ3) is 3.58. The van der Waals surface area contributed by atoms with Crippen molar-refractivity contribution in [3.05, 3.63) is 64.5 Å². The maximum Gasteiger partial charge on any atom is 0.255 e. The van der Waals surface area contributed by atoms with Crippen LogP contribution in [0, 0.1) is 6.92 Å². The largest absolute Gasteiger partial charge is 0.332 e. The molecule has 0 fully saturated rings. The summed E-state index contributed by atoms with van der Waals surface area (Å²) in [7, 11) is 1.73. The summed E-state index contributed by atoms with van der Waals surface area (Å²) < 4.78 is 2.40. The molecule has 3 rings (SSSR count). The normalized spacial score (nSPS) is 12.0. The second-order valence-electron chi connectivity index (χ2n) is 5.71. The fourth-order valence-corrected chi connectivity index (χ4v) is 2.74. The van der Waals surface area contributed by atoms with Crippen molar-refractivity contribution in [3.63, 3.8) is 0 Å². The Morgan fingerprint density at radius 2 is 2.04 bits per heavy atom. The number of rotatable bonds is 4. The van der Waals surface area contributed by atoms with E-state index in [1.54, 1.807) is 41.3 Å². The molecule has 0 radical (unpaired) electrons. The Hall–Kier alpha value is -2.61. The predicted octanol–water partition coefficient (Wildman–Crippen LogP) is 2.96. The molecule has 0 saturated heterocycles. The molecule has 0 N–H and O–H groups in total. The third-order valence-corrected chi connectivity index (χ3v) is 4.35. The van der Waals surface area contributed by atoms with Crippen molar-refractivity contribution >= 4 is 21.8 Å². The highest BCUT2D eigenvalue weighted by Gasteiger charge is 2.24. The van der Waals surface area contributed by atoms with E-state index in [2.05, 4.69) is 36.0 Å². The summed E-state index contributed by atoms with van der Waals surface area (Å²) in [5.74, 6) is 1.15. The molecule has 0 aromatic carbocycles. The predicted molar refractivity (Wildman–Crippen MR) is 96.3 cm³/mol. The number of carbonyl (C=O) groups excluding carboxylic acids is 1. The summed E-state index contributed by atoms with van der Waals surface area (Å²) in [6.07, 6.45) is 6.42. The Kier molecular flexibility index (Phi) is 4.89. The first-order valence-corrected chi connectivity index (χ1v) is 8.47. The Morgan fingerprint density at radius 3 is 2.72 bits per heavy atom. The standard InChI is InChI=1S/C17H17BrN6O/c1-11-4-5-15(20-7-11)24-16(21-10-22-24)12(2)23(3)17(25)13-6-14(18)9-19-8-13/h4-10,12H,1-3H3/t12-/m0/s1. The van der Waals surface area contributed by atoms with E-state index in [0.717, 1.165) is 10.0 Å². The summed E-state index contributed by atoms with van der Waals surface area (Å²) in [6, 6.07) is 5.28. The van der Waals surface area contributed by atoms with Gasteiger partial charge in [-0.15, -0.1) is 0 Å². The Labute approximate surface area is 153 Å². The lowest BCUT2D eigenvalue weighted by atomic mass is 10.2. The maximum atomic E-state index is 12.7. The van der Waals surface area contributed by atoms with Gasteiger partial charge in [0.05, 0.1) is 11.6 Å². The van der Waals surface area contributed by atoms with Gasteiger partial charge in [-0.3, -0.25) is 9.78 Å². The molecule has 0 spiro atoms. The lowest BCUT2D eigenvalue weighted by Crippen LogP contribution is -2.31. The molecular formula is C17H17BrN6O. The number of carbonyl (C=O) groups is 1. The molecule has 7 nitrogen and oxygen atoms in total. The van der Waals surface area contributed by atoms with Gasteiger partial charge in [0, 0.05) is 30.1 Å². The number of hydrogen-bond donors (Lipinski definition) is 0. The molecule has 3 aromatic rings. The average molecular weight is 401 g/mol. The van der Waals surface area contributed by atoms with Crippen molar-refractivity contribution in [2.75, 3.05) is 7.05 Å². The van der Waals surface area contributed by atoms with E-state index in [0.29, 0.717) is 17.2 Å². The Bertz CT molecular complexity index is 892. The third-order valence-electron chi connectivity index (χ3n) is 3.91. The van der Waals surface area contributed by atoms with Crippen LogP contribution < -0.4 is 0 Å². The van der Waals surface area contributed by atoms with Crippen LogP contribution in [-0.2, 0) is 0 Å². The van der Waals surface area contributed by atoms with Gasteiger partial charge in [-0.25, -0.2) is 9.97 Å². The zero-order valence-electron chi connectivity index (χ0n) is 14.1. The molecule has 0 bridgehead atoms. The first kappa shape index (κ1) is 17.2. The second kappa shape index (κ2) is 7.10. The quantitative estimate of drug-likeness (QED) is 0.672. The number of nitrogens with zero attached hydrogens (tertiary/aromatic N) is 6. The summed E-state index contributed by atoms with van der Waals surface area (Å²) >= 11 is 3.34. The van der Waals surface area contributed by atoms with E-state index < -0.39 is 0 Å². The topological polar surface area (TPSA) is 76.8 Å². The number of amides is 1. The number of aryl methyl sites for hydroxylation is 1. The molecule has 0 aliphatic carbocycles. The molecular weight excluding hydrogens is 384 g/mol. The molecule has 0 saturated carbocycles. The molecule has 128 valence electrons. The van der Waals surface area contributed by atoms with Crippen LogP contribution in [0.4, 0.5) is 0 Å². The molecule has 0 aliphatic heterocycles. The summed E-state index contributed by atoms with van der Waals surface area (Å²) in [5.41, 5.74) is 1.57. The Balaban J connectivity index is 1.88. The number of halogens is 1. The van der Waals surface area contributed by atoms with Crippen LogP contribution in [0.2, 0.25) is 0 Å². The fourth-order valence-electron chi connectivity index (χ4n) is 2.38. The fraction of sp³-hybridized carbons (Fsp3) is 0.235. The SMILES string of the molecule is Cc1ccc(-n2ncnc2[C@H](C)N(C)C(=O)c2cncc(Br)c2)nc1. The summed E-state index contributed by atoms with van der Waals surface area (Å²) in [5, 5.41) is 4.25. The van der Waals surface area contributed by atoms with Crippen molar-refractivity contribution in [1.29, 1.82) is 0 Å². The van der Waals surface area contributed by atoms with Crippen LogP contribution in [-0.4, -0.2) is 42.6 Å². The Morgan fingerprint density at radius 1 is 1.24 bits per heavy atom. The van der Waals surface area contributed by atoms with Crippen LogP contribution in [0.5, 0.6) is 0 Å². The monoisotopic (exact) mass is 400 g/mol. The van der Waals surface area contributed by atoms with E-state index in [4.69, 9.17) is 0 Å². The number of aromatic nitrogens is 5. The molecule has 0 unspecified atom stereocenters. The van der Waals surface area contributed by atoms with E-state index in [-0.39, 0.29) is 11.9 Å². The van der Waals surface area contributed by atoms with E-state index in [9.17, 15) is 4.79 Å². The zero-order valence-corrected chi connectivity index (χ0v) is 15.7. The molecule has 25 heavy (non-hydrogen) atoms. The van der Waals surface area contributed by atoms with Gasteiger partial charge in [-0.05, 0) is 47.5 Å². The van der Waals surface area contributed by atoms with Gasteiger partial charge in [-0.2, -0.15) is 9.78 Å². The van der Waals surface area contributed by atoms with Crippen molar-refractivity contribution in [2.24, 2.45) is 0 Å². The molecule has 0 aliphatic rings. The average Bonchev–Trinajstić information content (AvgIpc) is 3.10. The van der Waals surface area contributed by atoms with Crippen LogP contribution in [0.3, 0.4) is 0 Å².